The Bertz CT molecular complexity index is 852. The summed E-state index contributed by atoms with van der Waals surface area (Å²) < 4.78 is 29.9. The zero-order chi connectivity index (χ0) is 14.9. The van der Waals surface area contributed by atoms with Gasteiger partial charge in [0.2, 0.25) is 0 Å². The molecular weight excluding hydrogens is 352 g/mol. The molecule has 1 heterocycles. The smallest absolute Gasteiger partial charge is 0.342 e. The van der Waals surface area contributed by atoms with Gasteiger partial charge in [0.25, 0.3) is 15.6 Å². The van der Waals surface area contributed by atoms with E-state index in [0.29, 0.717) is 9.72 Å². The van der Waals surface area contributed by atoms with Crippen LogP contribution in [0.1, 0.15) is 0 Å². The molecule has 0 atom stereocenters. The molecule has 0 saturated carbocycles. The van der Waals surface area contributed by atoms with E-state index in [1.807, 2.05) is 4.98 Å². The van der Waals surface area contributed by atoms with Gasteiger partial charge in [0.15, 0.2) is 0 Å². The topological polar surface area (TPSA) is 98.2 Å². The fraction of sp³-hybridized carbons (Fsp3) is 0.0909. The van der Waals surface area contributed by atoms with E-state index in [2.05, 4.69) is 15.9 Å². The van der Waals surface area contributed by atoms with Gasteiger partial charge < -0.3 is 4.74 Å². The maximum absolute atomic E-state index is 12.3. The highest BCUT2D eigenvalue weighted by Crippen LogP contribution is 2.17. The Morgan fingerprint density at radius 1 is 1.20 bits per heavy atom. The van der Waals surface area contributed by atoms with Crippen molar-refractivity contribution in [3.05, 3.63) is 55.8 Å². The Kier molecular flexibility index (Phi) is 3.82. The first-order chi connectivity index (χ1) is 9.36. The number of ether oxygens (including phenoxy) is 1. The highest BCUT2D eigenvalue weighted by atomic mass is 79.9. The molecule has 9 heteroatoms. The van der Waals surface area contributed by atoms with Gasteiger partial charge in [0, 0.05) is 6.20 Å². The molecule has 7 nitrogen and oxygen atoms in total. The molecule has 0 fully saturated rings. The van der Waals surface area contributed by atoms with Crippen LogP contribution in [0.5, 0.6) is 5.75 Å². The molecule has 1 aromatic heterocycles. The lowest BCUT2D eigenvalue weighted by Gasteiger charge is -2.08. The summed E-state index contributed by atoms with van der Waals surface area (Å²) in [5.74, 6) is 0.485. The van der Waals surface area contributed by atoms with Crippen LogP contribution < -0.4 is 16.0 Å². The van der Waals surface area contributed by atoms with Crippen LogP contribution in [0.2, 0.25) is 0 Å². The number of hydrogen-bond donors (Lipinski definition) is 1. The Labute approximate surface area is 122 Å². The van der Waals surface area contributed by atoms with Crippen LogP contribution in [0.15, 0.2) is 49.4 Å². The van der Waals surface area contributed by atoms with Crippen molar-refractivity contribution < 1.29 is 13.2 Å². The Morgan fingerprint density at radius 3 is 2.35 bits per heavy atom. The molecule has 106 valence electrons. The third kappa shape index (κ3) is 2.54. The van der Waals surface area contributed by atoms with Crippen molar-refractivity contribution >= 4 is 26.0 Å². The van der Waals surface area contributed by atoms with Crippen molar-refractivity contribution in [1.29, 1.82) is 0 Å². The number of aromatic amines is 1. The first kappa shape index (κ1) is 14.5. The summed E-state index contributed by atoms with van der Waals surface area (Å²) in [7, 11) is -2.63. The van der Waals surface area contributed by atoms with Crippen LogP contribution in [-0.4, -0.2) is 24.5 Å². The minimum absolute atomic E-state index is 0.0609. The van der Waals surface area contributed by atoms with Gasteiger partial charge in [-0.2, -0.15) is 3.97 Å². The summed E-state index contributed by atoms with van der Waals surface area (Å²) in [5.41, 5.74) is -1.73. The fourth-order valence-electron chi connectivity index (χ4n) is 1.47. The monoisotopic (exact) mass is 360 g/mol. The molecule has 0 amide bonds. The van der Waals surface area contributed by atoms with Crippen LogP contribution >= 0.6 is 15.9 Å². The standard InChI is InChI=1S/C11H9BrN2O5S/c1-19-7-2-4-8(5-3-7)20(17,18)14-6-9(12)10(15)13-11(14)16/h2-6H,1H3,(H,13,15,16). The molecule has 1 aromatic carbocycles. The Hall–Kier alpha value is -1.87. The van der Waals surface area contributed by atoms with Crippen molar-refractivity contribution in [3.63, 3.8) is 0 Å². The maximum Gasteiger partial charge on any atom is 0.342 e. The minimum atomic E-state index is -4.09. The lowest BCUT2D eigenvalue weighted by Crippen LogP contribution is -2.34. The normalized spacial score (nSPS) is 11.3. The van der Waals surface area contributed by atoms with Gasteiger partial charge in [-0.3, -0.25) is 9.78 Å². The highest BCUT2D eigenvalue weighted by Gasteiger charge is 2.19. The third-order valence-corrected chi connectivity index (χ3v) is 4.71. The van der Waals surface area contributed by atoms with E-state index in [1.165, 1.54) is 31.4 Å². The van der Waals surface area contributed by atoms with Crippen LogP contribution in [0.4, 0.5) is 0 Å². The second kappa shape index (κ2) is 5.25. The zero-order valence-electron chi connectivity index (χ0n) is 10.2. The number of aromatic nitrogens is 2. The van der Waals surface area contributed by atoms with Gasteiger partial charge in [-0.15, -0.1) is 0 Å². The van der Waals surface area contributed by atoms with E-state index in [1.54, 1.807) is 0 Å². The average molecular weight is 361 g/mol. The molecule has 0 unspecified atom stereocenters. The van der Waals surface area contributed by atoms with E-state index in [9.17, 15) is 18.0 Å². The molecule has 0 aliphatic heterocycles. The van der Waals surface area contributed by atoms with Gasteiger partial charge in [-0.1, -0.05) is 0 Å². The summed E-state index contributed by atoms with van der Waals surface area (Å²) in [4.78, 5) is 24.6. The third-order valence-electron chi connectivity index (χ3n) is 2.48. The van der Waals surface area contributed by atoms with Crippen LogP contribution in [0, 0.1) is 0 Å². The molecule has 0 aliphatic carbocycles. The highest BCUT2D eigenvalue weighted by molar-refractivity contribution is 9.10. The van der Waals surface area contributed by atoms with Gasteiger partial charge in [0.1, 0.15) is 10.2 Å². The molecule has 20 heavy (non-hydrogen) atoms. The average Bonchev–Trinajstić information content (AvgIpc) is 2.42. The lowest BCUT2D eigenvalue weighted by atomic mass is 10.3. The molecule has 0 saturated heterocycles. The summed E-state index contributed by atoms with van der Waals surface area (Å²) >= 11 is 2.88. The van der Waals surface area contributed by atoms with Gasteiger partial charge in [-0.25, -0.2) is 13.2 Å². The van der Waals surface area contributed by atoms with Crippen LogP contribution in [0.3, 0.4) is 0 Å². The zero-order valence-corrected chi connectivity index (χ0v) is 12.6. The predicted octanol–water partition coefficient (Wildman–Crippen LogP) is 0.545. The lowest BCUT2D eigenvalue weighted by molar-refractivity contribution is 0.414. The summed E-state index contributed by atoms with van der Waals surface area (Å²) in [6.07, 6.45) is 0.917. The second-order valence-electron chi connectivity index (χ2n) is 3.71. The number of methoxy groups -OCH3 is 1. The molecule has 0 bridgehead atoms. The van der Waals surface area contributed by atoms with E-state index in [-0.39, 0.29) is 9.37 Å². The number of rotatable bonds is 3. The SMILES string of the molecule is COc1ccc(S(=O)(=O)n2cc(Br)c(=O)[nH]c2=O)cc1. The molecule has 2 aromatic rings. The van der Waals surface area contributed by atoms with Crippen molar-refractivity contribution in [2.24, 2.45) is 0 Å². The quantitative estimate of drug-likeness (QED) is 0.861. The summed E-state index contributed by atoms with van der Waals surface area (Å²) in [5, 5.41) is 0. The molecule has 2 rings (SSSR count). The van der Waals surface area contributed by atoms with Gasteiger partial charge in [-0.05, 0) is 40.2 Å². The van der Waals surface area contributed by atoms with Crippen molar-refractivity contribution in [2.45, 2.75) is 4.90 Å². The van der Waals surface area contributed by atoms with E-state index < -0.39 is 21.3 Å². The molecule has 0 spiro atoms. The van der Waals surface area contributed by atoms with Gasteiger partial charge >= 0.3 is 5.69 Å². The second-order valence-corrected chi connectivity index (χ2v) is 6.38. The van der Waals surface area contributed by atoms with Crippen molar-refractivity contribution in [1.82, 2.24) is 8.96 Å². The minimum Gasteiger partial charge on any atom is -0.497 e. The number of H-pyrrole nitrogens is 1. The van der Waals surface area contributed by atoms with Crippen LogP contribution in [-0.2, 0) is 10.0 Å². The summed E-state index contributed by atoms with van der Waals surface area (Å²) in [6, 6.07) is 5.52. The number of benzene rings is 1. The number of nitrogens with one attached hydrogen (secondary N) is 1. The van der Waals surface area contributed by atoms with E-state index in [0.717, 1.165) is 6.20 Å². The van der Waals surface area contributed by atoms with E-state index in [4.69, 9.17) is 4.74 Å². The molecule has 0 radical (unpaired) electrons. The molecule has 0 aliphatic rings. The largest absolute Gasteiger partial charge is 0.497 e. The number of nitrogens with zero attached hydrogens (tertiary/aromatic N) is 1. The predicted molar refractivity (Wildman–Crippen MR) is 74.6 cm³/mol. The van der Waals surface area contributed by atoms with Gasteiger partial charge in [0.05, 0.1) is 12.0 Å². The molecular formula is C11H9BrN2O5S. The number of halogens is 1. The Morgan fingerprint density at radius 2 is 1.80 bits per heavy atom. The number of hydrogen-bond acceptors (Lipinski definition) is 5. The maximum atomic E-state index is 12.3. The van der Waals surface area contributed by atoms with Crippen molar-refractivity contribution in [3.8, 4) is 5.75 Å². The van der Waals surface area contributed by atoms with Crippen LogP contribution in [0.25, 0.3) is 0 Å². The summed E-state index contributed by atoms with van der Waals surface area (Å²) in [6.45, 7) is 0. The first-order valence-electron chi connectivity index (χ1n) is 5.27. The first-order valence-corrected chi connectivity index (χ1v) is 7.50. The van der Waals surface area contributed by atoms with E-state index >= 15 is 0 Å². The van der Waals surface area contributed by atoms with Crippen molar-refractivity contribution in [2.75, 3.05) is 7.11 Å². The Balaban J connectivity index is 2.63. The molecule has 1 N–H and O–H groups in total. The fourth-order valence-corrected chi connectivity index (χ4v) is 3.13.